The second-order valence-electron chi connectivity index (χ2n) is 6.14. The van der Waals surface area contributed by atoms with E-state index in [4.69, 9.17) is 4.74 Å². The van der Waals surface area contributed by atoms with E-state index in [2.05, 4.69) is 36.9 Å². The summed E-state index contributed by atoms with van der Waals surface area (Å²) < 4.78 is 5.42. The van der Waals surface area contributed by atoms with E-state index < -0.39 is 0 Å². The van der Waals surface area contributed by atoms with Gasteiger partial charge in [0.05, 0.1) is 7.11 Å². The van der Waals surface area contributed by atoms with Gasteiger partial charge in [-0.05, 0) is 50.0 Å². The van der Waals surface area contributed by atoms with E-state index in [0.29, 0.717) is 5.41 Å². The van der Waals surface area contributed by atoms with Crippen LogP contribution in [0.2, 0.25) is 0 Å². The Balaban J connectivity index is 2.17. The van der Waals surface area contributed by atoms with E-state index in [-0.39, 0.29) is 0 Å². The average molecular weight is 275 g/mol. The van der Waals surface area contributed by atoms with Crippen molar-refractivity contribution in [2.45, 2.75) is 51.4 Å². The van der Waals surface area contributed by atoms with E-state index in [1.165, 1.54) is 57.3 Å². The molecule has 1 aromatic rings. The van der Waals surface area contributed by atoms with Crippen molar-refractivity contribution in [3.8, 4) is 5.75 Å². The maximum absolute atomic E-state index is 5.42. The summed E-state index contributed by atoms with van der Waals surface area (Å²) in [6.45, 7) is 8.30. The van der Waals surface area contributed by atoms with E-state index in [9.17, 15) is 0 Å². The van der Waals surface area contributed by atoms with Crippen molar-refractivity contribution in [2.75, 3.05) is 26.7 Å². The third-order valence-electron chi connectivity index (χ3n) is 4.67. The second kappa shape index (κ2) is 7.12. The molecule has 0 bridgehead atoms. The van der Waals surface area contributed by atoms with Gasteiger partial charge in [-0.2, -0.15) is 0 Å². The Labute approximate surface area is 124 Å². The van der Waals surface area contributed by atoms with E-state index in [0.717, 1.165) is 5.75 Å². The Hall–Kier alpha value is -1.02. The molecule has 1 heterocycles. The fourth-order valence-corrected chi connectivity index (χ4v) is 3.55. The predicted octanol–water partition coefficient (Wildman–Crippen LogP) is 4.24. The van der Waals surface area contributed by atoms with Crippen molar-refractivity contribution < 1.29 is 4.74 Å². The lowest BCUT2D eigenvalue weighted by Gasteiger charge is -2.30. The van der Waals surface area contributed by atoms with Crippen LogP contribution in [0.5, 0.6) is 5.75 Å². The number of rotatable bonds is 7. The smallest absolute Gasteiger partial charge is 0.119 e. The summed E-state index contributed by atoms with van der Waals surface area (Å²) in [5, 5.41) is 0. The Morgan fingerprint density at radius 2 is 2.10 bits per heavy atom. The number of hydrogen-bond donors (Lipinski definition) is 0. The molecule has 0 aliphatic carbocycles. The highest BCUT2D eigenvalue weighted by molar-refractivity contribution is 5.35. The minimum absolute atomic E-state index is 0.344. The molecule has 1 saturated heterocycles. The van der Waals surface area contributed by atoms with Crippen molar-refractivity contribution in [3.05, 3.63) is 29.8 Å². The summed E-state index contributed by atoms with van der Waals surface area (Å²) in [6, 6.07) is 8.73. The monoisotopic (exact) mass is 275 g/mol. The number of nitrogens with zero attached hydrogens (tertiary/aromatic N) is 1. The summed E-state index contributed by atoms with van der Waals surface area (Å²) in [7, 11) is 1.76. The minimum atomic E-state index is 0.344. The molecule has 112 valence electrons. The van der Waals surface area contributed by atoms with Crippen molar-refractivity contribution in [1.29, 1.82) is 0 Å². The van der Waals surface area contributed by atoms with Gasteiger partial charge < -0.3 is 9.64 Å². The van der Waals surface area contributed by atoms with Gasteiger partial charge in [-0.1, -0.05) is 38.8 Å². The molecule has 0 spiro atoms. The van der Waals surface area contributed by atoms with Gasteiger partial charge in [-0.15, -0.1) is 0 Å². The van der Waals surface area contributed by atoms with Crippen LogP contribution in [0.4, 0.5) is 0 Å². The molecular formula is C18H29NO. The van der Waals surface area contributed by atoms with Crippen LogP contribution in [0, 0.1) is 0 Å². The standard InChI is InChI=1S/C18H29NO/c1-4-6-12-19-13-11-18(15-19,10-5-2)16-8-7-9-17(14-16)20-3/h7-9,14H,4-6,10-13,15H2,1-3H3/t18-/m0/s1. The molecule has 0 radical (unpaired) electrons. The van der Waals surface area contributed by atoms with Crippen LogP contribution in [0.1, 0.15) is 51.5 Å². The van der Waals surface area contributed by atoms with E-state index in [1.807, 2.05) is 6.07 Å². The average Bonchev–Trinajstić information content (AvgIpc) is 2.90. The molecule has 2 heteroatoms. The lowest BCUT2D eigenvalue weighted by atomic mass is 9.76. The SMILES string of the molecule is CCCCN1CC[C@](CCC)(c2cccc(OC)c2)C1. The zero-order valence-electron chi connectivity index (χ0n) is 13.3. The zero-order valence-corrected chi connectivity index (χ0v) is 13.3. The fraction of sp³-hybridized carbons (Fsp3) is 0.667. The molecule has 0 amide bonds. The van der Waals surface area contributed by atoms with Gasteiger partial charge in [0.1, 0.15) is 5.75 Å². The number of methoxy groups -OCH3 is 1. The lowest BCUT2D eigenvalue weighted by Crippen LogP contribution is -2.31. The number of hydrogen-bond acceptors (Lipinski definition) is 2. The van der Waals surface area contributed by atoms with Gasteiger partial charge in [-0.25, -0.2) is 0 Å². The molecule has 1 fully saturated rings. The van der Waals surface area contributed by atoms with E-state index >= 15 is 0 Å². The molecule has 0 N–H and O–H groups in total. The highest BCUT2D eigenvalue weighted by atomic mass is 16.5. The number of ether oxygens (including phenoxy) is 1. The molecular weight excluding hydrogens is 246 g/mol. The Morgan fingerprint density at radius 3 is 2.80 bits per heavy atom. The molecule has 1 aliphatic rings. The summed E-state index contributed by atoms with van der Waals surface area (Å²) in [5.41, 5.74) is 1.81. The number of unbranched alkanes of at least 4 members (excludes halogenated alkanes) is 1. The normalized spacial score (nSPS) is 23.1. The topological polar surface area (TPSA) is 12.5 Å². The molecule has 1 aliphatic heterocycles. The predicted molar refractivity (Wildman–Crippen MR) is 85.5 cm³/mol. The Bertz CT molecular complexity index is 418. The first kappa shape index (κ1) is 15.4. The van der Waals surface area contributed by atoms with Crippen LogP contribution in [0.3, 0.4) is 0 Å². The molecule has 0 saturated carbocycles. The summed E-state index contributed by atoms with van der Waals surface area (Å²) in [5.74, 6) is 0.991. The molecule has 0 unspecified atom stereocenters. The molecule has 1 atom stereocenters. The van der Waals surface area contributed by atoms with Gasteiger partial charge in [0.15, 0.2) is 0 Å². The summed E-state index contributed by atoms with van der Waals surface area (Å²) >= 11 is 0. The molecule has 2 nitrogen and oxygen atoms in total. The number of likely N-dealkylation sites (tertiary alicyclic amines) is 1. The van der Waals surface area contributed by atoms with Gasteiger partial charge in [0, 0.05) is 12.0 Å². The maximum atomic E-state index is 5.42. The minimum Gasteiger partial charge on any atom is -0.497 e. The third kappa shape index (κ3) is 3.35. The second-order valence-corrected chi connectivity index (χ2v) is 6.14. The van der Waals surface area contributed by atoms with E-state index in [1.54, 1.807) is 7.11 Å². The summed E-state index contributed by atoms with van der Waals surface area (Å²) in [4.78, 5) is 2.65. The molecule has 0 aromatic heterocycles. The van der Waals surface area contributed by atoms with Gasteiger partial charge in [0.25, 0.3) is 0 Å². The van der Waals surface area contributed by atoms with Crippen LogP contribution in [0.25, 0.3) is 0 Å². The largest absolute Gasteiger partial charge is 0.497 e. The van der Waals surface area contributed by atoms with Crippen LogP contribution in [-0.2, 0) is 5.41 Å². The molecule has 20 heavy (non-hydrogen) atoms. The molecule has 2 rings (SSSR count). The Morgan fingerprint density at radius 1 is 1.25 bits per heavy atom. The first-order valence-electron chi connectivity index (χ1n) is 8.11. The summed E-state index contributed by atoms with van der Waals surface area (Å²) in [6.07, 6.45) is 6.43. The molecule has 1 aromatic carbocycles. The highest BCUT2D eigenvalue weighted by Gasteiger charge is 2.38. The van der Waals surface area contributed by atoms with Crippen LogP contribution >= 0.6 is 0 Å². The first-order chi connectivity index (χ1) is 9.74. The third-order valence-corrected chi connectivity index (χ3v) is 4.67. The van der Waals surface area contributed by atoms with Gasteiger partial charge in [0.2, 0.25) is 0 Å². The van der Waals surface area contributed by atoms with Crippen LogP contribution in [0.15, 0.2) is 24.3 Å². The van der Waals surface area contributed by atoms with Gasteiger partial charge in [-0.3, -0.25) is 0 Å². The van der Waals surface area contributed by atoms with Crippen LogP contribution in [-0.4, -0.2) is 31.6 Å². The van der Waals surface area contributed by atoms with Crippen LogP contribution < -0.4 is 4.74 Å². The first-order valence-corrected chi connectivity index (χ1v) is 8.11. The highest BCUT2D eigenvalue weighted by Crippen LogP contribution is 2.39. The van der Waals surface area contributed by atoms with Crippen molar-refractivity contribution in [3.63, 3.8) is 0 Å². The van der Waals surface area contributed by atoms with Crippen molar-refractivity contribution in [2.24, 2.45) is 0 Å². The maximum Gasteiger partial charge on any atom is 0.119 e. The zero-order chi connectivity index (χ0) is 14.4. The Kier molecular flexibility index (Phi) is 5.47. The quantitative estimate of drug-likeness (QED) is 0.738. The fourth-order valence-electron chi connectivity index (χ4n) is 3.55. The van der Waals surface area contributed by atoms with Gasteiger partial charge >= 0.3 is 0 Å². The lowest BCUT2D eigenvalue weighted by molar-refractivity contribution is 0.296. The van der Waals surface area contributed by atoms with Crippen molar-refractivity contribution in [1.82, 2.24) is 4.90 Å². The number of benzene rings is 1. The van der Waals surface area contributed by atoms with Crippen molar-refractivity contribution >= 4 is 0 Å².